The number of aromatic nitrogens is 3. The van der Waals surface area contributed by atoms with E-state index in [0.717, 1.165) is 0 Å². The molecule has 13 heteroatoms. The lowest BCUT2D eigenvalue weighted by Crippen LogP contribution is -2.47. The molecule has 0 aliphatic heterocycles. The molecule has 1 aromatic heterocycles. The number of anilines is 3. The van der Waals surface area contributed by atoms with Gasteiger partial charge in [0.15, 0.2) is 0 Å². The van der Waals surface area contributed by atoms with Gasteiger partial charge >= 0.3 is 18.4 Å². The van der Waals surface area contributed by atoms with Crippen LogP contribution in [0.15, 0.2) is 24.3 Å². The fraction of sp³-hybridized carbons (Fsp3) is 0.438. The first-order valence-corrected chi connectivity index (χ1v) is 8.65. The Balaban J connectivity index is 2.46. The highest BCUT2D eigenvalue weighted by molar-refractivity contribution is 6.30. The van der Waals surface area contributed by atoms with Crippen LogP contribution < -0.4 is 15.0 Å². The van der Waals surface area contributed by atoms with Crippen molar-refractivity contribution in [1.29, 1.82) is 0 Å². The van der Waals surface area contributed by atoms with Crippen LogP contribution in [0.1, 0.15) is 13.8 Å². The highest BCUT2D eigenvalue weighted by atomic mass is 35.5. The maximum Gasteiger partial charge on any atom is 0.434 e. The molecule has 1 N–H and O–H groups in total. The number of ether oxygens (including phenoxy) is 1. The molecule has 0 fully saturated rings. The molecular formula is C16H16ClF6N5O. The summed E-state index contributed by atoms with van der Waals surface area (Å²) < 4.78 is 81.1. The fourth-order valence-electron chi connectivity index (χ4n) is 2.22. The third kappa shape index (κ3) is 6.24. The van der Waals surface area contributed by atoms with Gasteiger partial charge in [-0.05, 0) is 32.0 Å². The van der Waals surface area contributed by atoms with Crippen LogP contribution in [0.3, 0.4) is 0 Å². The average molecular weight is 444 g/mol. The first-order valence-electron chi connectivity index (χ1n) is 8.27. The van der Waals surface area contributed by atoms with Crippen molar-refractivity contribution >= 4 is 29.2 Å². The van der Waals surface area contributed by atoms with E-state index in [1.807, 2.05) is 0 Å². The van der Waals surface area contributed by atoms with Crippen molar-refractivity contribution in [2.45, 2.75) is 32.3 Å². The molecule has 0 aliphatic carbocycles. The van der Waals surface area contributed by atoms with Crippen molar-refractivity contribution in [2.24, 2.45) is 0 Å². The minimum atomic E-state index is -5.71. The molecule has 2 aromatic rings. The van der Waals surface area contributed by atoms with Crippen molar-refractivity contribution in [3.63, 3.8) is 0 Å². The van der Waals surface area contributed by atoms with Gasteiger partial charge in [-0.3, -0.25) is 0 Å². The summed E-state index contributed by atoms with van der Waals surface area (Å²) in [7, 11) is 0. The van der Waals surface area contributed by atoms with E-state index in [1.165, 1.54) is 11.0 Å². The van der Waals surface area contributed by atoms with Gasteiger partial charge in [-0.15, -0.1) is 0 Å². The maximum absolute atomic E-state index is 12.8. The number of nitrogens with one attached hydrogen (secondary N) is 1. The Bertz CT molecular complexity index is 814. The highest BCUT2D eigenvalue weighted by Gasteiger charge is 2.59. The first kappa shape index (κ1) is 22.8. The van der Waals surface area contributed by atoms with E-state index in [4.69, 9.17) is 11.6 Å². The van der Waals surface area contributed by atoms with Crippen LogP contribution in [0.25, 0.3) is 0 Å². The maximum atomic E-state index is 12.8. The van der Waals surface area contributed by atoms with E-state index < -0.39 is 24.5 Å². The smallest absolute Gasteiger partial charge is 0.434 e. The lowest BCUT2D eigenvalue weighted by molar-refractivity contribution is -0.301. The minimum Gasteiger partial charge on any atom is -0.440 e. The van der Waals surface area contributed by atoms with Crippen LogP contribution in [0.5, 0.6) is 6.01 Å². The average Bonchev–Trinajstić information content (AvgIpc) is 2.59. The minimum absolute atomic E-state index is 0.146. The van der Waals surface area contributed by atoms with Crippen molar-refractivity contribution in [1.82, 2.24) is 15.0 Å². The topological polar surface area (TPSA) is 63.2 Å². The molecule has 0 bridgehead atoms. The first-order chi connectivity index (χ1) is 13.4. The summed E-state index contributed by atoms with van der Waals surface area (Å²) in [4.78, 5) is 12.7. The van der Waals surface area contributed by atoms with Gasteiger partial charge in [0.05, 0.1) is 0 Å². The summed E-state index contributed by atoms with van der Waals surface area (Å²) >= 11 is 5.86. The number of hydrogen-bond acceptors (Lipinski definition) is 6. The summed E-state index contributed by atoms with van der Waals surface area (Å²) in [5.74, 6) is -0.449. The lowest BCUT2D eigenvalue weighted by atomic mass is 10.3. The third-order valence-electron chi connectivity index (χ3n) is 3.55. The molecule has 6 nitrogen and oxygen atoms in total. The molecular weight excluding hydrogens is 428 g/mol. The molecule has 0 aliphatic rings. The van der Waals surface area contributed by atoms with E-state index >= 15 is 0 Å². The van der Waals surface area contributed by atoms with Crippen molar-refractivity contribution < 1.29 is 31.1 Å². The third-order valence-corrected chi connectivity index (χ3v) is 3.78. The van der Waals surface area contributed by atoms with Gasteiger partial charge in [0, 0.05) is 23.8 Å². The van der Waals surface area contributed by atoms with E-state index in [2.05, 4.69) is 25.0 Å². The molecule has 29 heavy (non-hydrogen) atoms. The van der Waals surface area contributed by atoms with Crippen LogP contribution in [-0.2, 0) is 0 Å². The van der Waals surface area contributed by atoms with E-state index in [9.17, 15) is 26.3 Å². The van der Waals surface area contributed by atoms with E-state index in [1.54, 1.807) is 32.0 Å². The standard InChI is InChI=1S/C16H16ClF6N5O/c1-3-28(4-2)13-25-12(24-10-7-5-6-9(17)8-10)26-14(27-13)29-11(15(18,19)20)16(21,22)23/h5-8,11H,3-4H2,1-2H3,(H,24,25,26,27). The SMILES string of the molecule is CCN(CC)c1nc(Nc2cccc(Cl)c2)nc(OC(C(F)(F)F)C(F)(F)F)n1. The Labute approximate surface area is 166 Å². The molecule has 2 rings (SSSR count). The zero-order chi connectivity index (χ0) is 21.8. The number of hydrogen-bond donors (Lipinski definition) is 1. The second kappa shape index (κ2) is 8.89. The molecule has 1 heterocycles. The van der Waals surface area contributed by atoms with Crippen LogP contribution in [-0.4, -0.2) is 46.5 Å². The van der Waals surface area contributed by atoms with Gasteiger partial charge in [-0.2, -0.15) is 41.3 Å². The summed E-state index contributed by atoms with van der Waals surface area (Å²) in [5, 5.41) is 3.01. The van der Waals surface area contributed by atoms with E-state index in [0.29, 0.717) is 23.8 Å². The monoisotopic (exact) mass is 443 g/mol. The largest absolute Gasteiger partial charge is 0.440 e. The molecule has 0 amide bonds. The van der Waals surface area contributed by atoms with Gasteiger partial charge < -0.3 is 15.0 Å². The van der Waals surface area contributed by atoms with Gasteiger partial charge in [0.25, 0.3) is 6.10 Å². The number of benzene rings is 1. The summed E-state index contributed by atoms with van der Waals surface area (Å²) in [6.45, 7) is 4.12. The number of nitrogens with zero attached hydrogens (tertiary/aromatic N) is 4. The second-order valence-corrected chi connectivity index (χ2v) is 6.07. The molecule has 0 atom stereocenters. The molecule has 0 spiro atoms. The van der Waals surface area contributed by atoms with Gasteiger partial charge in [0.2, 0.25) is 11.9 Å². The number of rotatable bonds is 7. The summed E-state index contributed by atoms with van der Waals surface area (Å²) in [5.41, 5.74) is 0.364. The number of alkyl halides is 6. The van der Waals surface area contributed by atoms with Gasteiger partial charge in [0.1, 0.15) is 0 Å². The molecule has 0 radical (unpaired) electrons. The van der Waals surface area contributed by atoms with Gasteiger partial charge in [-0.25, -0.2) is 0 Å². The Morgan fingerprint density at radius 1 is 1.03 bits per heavy atom. The predicted molar refractivity (Wildman–Crippen MR) is 94.6 cm³/mol. The lowest BCUT2D eigenvalue weighted by Gasteiger charge is -2.24. The van der Waals surface area contributed by atoms with Crippen molar-refractivity contribution in [2.75, 3.05) is 23.3 Å². The van der Waals surface area contributed by atoms with Crippen LogP contribution in [0.4, 0.5) is 43.9 Å². The van der Waals surface area contributed by atoms with Crippen molar-refractivity contribution in [3.8, 4) is 6.01 Å². The normalized spacial score (nSPS) is 12.2. The molecule has 0 unspecified atom stereocenters. The molecule has 0 saturated heterocycles. The van der Waals surface area contributed by atoms with Crippen LogP contribution in [0.2, 0.25) is 5.02 Å². The van der Waals surface area contributed by atoms with E-state index in [-0.39, 0.29) is 11.9 Å². The molecule has 160 valence electrons. The molecule has 0 saturated carbocycles. The predicted octanol–water partition coefficient (Wildman–Crippen LogP) is 4.99. The Morgan fingerprint density at radius 3 is 2.17 bits per heavy atom. The van der Waals surface area contributed by atoms with Crippen molar-refractivity contribution in [3.05, 3.63) is 29.3 Å². The Morgan fingerprint density at radius 2 is 1.66 bits per heavy atom. The number of halogens is 7. The second-order valence-electron chi connectivity index (χ2n) is 5.63. The quantitative estimate of drug-likeness (QED) is 0.608. The summed E-state index contributed by atoms with van der Waals surface area (Å²) in [6.07, 6.45) is -15.5. The molecule has 1 aromatic carbocycles. The van der Waals surface area contributed by atoms with Crippen LogP contribution in [0, 0.1) is 0 Å². The summed E-state index contributed by atoms with van der Waals surface area (Å²) in [6, 6.07) is 5.07. The zero-order valence-corrected chi connectivity index (χ0v) is 15.9. The zero-order valence-electron chi connectivity index (χ0n) is 15.1. The Hall–Kier alpha value is -2.50. The van der Waals surface area contributed by atoms with Crippen LogP contribution >= 0.6 is 11.6 Å². The van der Waals surface area contributed by atoms with Gasteiger partial charge in [-0.1, -0.05) is 17.7 Å². The Kier molecular flexibility index (Phi) is 6.98. The highest BCUT2D eigenvalue weighted by Crippen LogP contribution is 2.36. The fourth-order valence-corrected chi connectivity index (χ4v) is 2.41.